The molecule has 0 unspecified atom stereocenters. The molecule has 0 aliphatic rings. The summed E-state index contributed by atoms with van der Waals surface area (Å²) >= 11 is 0. The van der Waals surface area contributed by atoms with Crippen LogP contribution in [0.5, 0.6) is 0 Å². The van der Waals surface area contributed by atoms with Crippen LogP contribution in [0.3, 0.4) is 0 Å². The number of hydrogen-bond acceptors (Lipinski definition) is 1. The van der Waals surface area contributed by atoms with Gasteiger partial charge in [0.2, 0.25) is 0 Å². The van der Waals surface area contributed by atoms with Gasteiger partial charge in [-0.05, 0) is 28.8 Å². The predicted molar refractivity (Wildman–Crippen MR) is 70.2 cm³/mol. The SMILES string of the molecule is CF.O=C(O)Cc1ccccc1-c1ccc(F)cc1. The minimum Gasteiger partial charge on any atom is -0.481 e. The summed E-state index contributed by atoms with van der Waals surface area (Å²) in [5, 5.41) is 8.82. The normalized spacial score (nSPS) is 9.42. The van der Waals surface area contributed by atoms with Gasteiger partial charge in [0.05, 0.1) is 13.6 Å². The maximum absolute atomic E-state index is 12.8. The van der Waals surface area contributed by atoms with Crippen molar-refractivity contribution in [1.82, 2.24) is 0 Å². The van der Waals surface area contributed by atoms with Gasteiger partial charge in [0.15, 0.2) is 0 Å². The topological polar surface area (TPSA) is 37.3 Å². The Morgan fingerprint density at radius 1 is 1.05 bits per heavy atom. The first-order chi connectivity index (χ1) is 9.16. The first-order valence-electron chi connectivity index (χ1n) is 5.60. The van der Waals surface area contributed by atoms with Gasteiger partial charge in [-0.3, -0.25) is 9.18 Å². The van der Waals surface area contributed by atoms with Crippen LogP contribution in [0.1, 0.15) is 5.56 Å². The van der Waals surface area contributed by atoms with Gasteiger partial charge in [0.25, 0.3) is 0 Å². The van der Waals surface area contributed by atoms with Crippen LogP contribution in [0.4, 0.5) is 8.78 Å². The standard InChI is InChI=1S/C14H11FO2.CH3F/c15-12-7-5-10(6-8-12)13-4-2-1-3-11(13)9-14(16)17;1-2/h1-8H,9H2,(H,16,17);1H3. The minimum atomic E-state index is -0.875. The largest absolute Gasteiger partial charge is 0.481 e. The van der Waals surface area contributed by atoms with Gasteiger partial charge in [-0.25, -0.2) is 4.39 Å². The maximum atomic E-state index is 12.8. The number of aliphatic carboxylic acids is 1. The molecule has 0 fully saturated rings. The Kier molecular flexibility index (Phi) is 5.67. The highest BCUT2D eigenvalue weighted by atomic mass is 19.1. The van der Waals surface area contributed by atoms with Crippen molar-refractivity contribution >= 4 is 5.97 Å². The first-order valence-corrected chi connectivity index (χ1v) is 5.60. The number of carboxylic acid groups (broad SMARTS) is 1. The molecule has 2 rings (SSSR count). The van der Waals surface area contributed by atoms with Crippen molar-refractivity contribution in [3.8, 4) is 11.1 Å². The lowest BCUT2D eigenvalue weighted by Gasteiger charge is -2.07. The highest BCUT2D eigenvalue weighted by Crippen LogP contribution is 2.24. The van der Waals surface area contributed by atoms with Crippen LogP contribution in [-0.2, 0) is 11.2 Å². The molecule has 100 valence electrons. The zero-order valence-electron chi connectivity index (χ0n) is 10.4. The van der Waals surface area contributed by atoms with E-state index in [1.807, 2.05) is 12.1 Å². The number of carbonyl (C=O) groups is 1. The number of hydrogen-bond donors (Lipinski definition) is 1. The second kappa shape index (κ2) is 7.26. The van der Waals surface area contributed by atoms with Crippen LogP contribution >= 0.6 is 0 Å². The van der Waals surface area contributed by atoms with Gasteiger partial charge in [-0.15, -0.1) is 0 Å². The van der Waals surface area contributed by atoms with Crippen LogP contribution in [0.2, 0.25) is 0 Å². The number of rotatable bonds is 3. The Bertz CT molecular complexity index is 536. The molecule has 0 bridgehead atoms. The van der Waals surface area contributed by atoms with Gasteiger partial charge < -0.3 is 5.11 Å². The number of halogens is 2. The molecule has 0 spiro atoms. The molecule has 0 amide bonds. The molecule has 4 heteroatoms. The molecular weight excluding hydrogens is 250 g/mol. The van der Waals surface area contributed by atoms with Crippen molar-refractivity contribution in [1.29, 1.82) is 0 Å². The van der Waals surface area contributed by atoms with Crippen LogP contribution < -0.4 is 0 Å². The predicted octanol–water partition coefficient (Wildman–Crippen LogP) is 3.71. The van der Waals surface area contributed by atoms with E-state index in [0.717, 1.165) is 16.7 Å². The molecule has 19 heavy (non-hydrogen) atoms. The van der Waals surface area contributed by atoms with Crippen molar-refractivity contribution < 1.29 is 18.7 Å². The Morgan fingerprint density at radius 3 is 2.21 bits per heavy atom. The Hall–Kier alpha value is -2.23. The average Bonchev–Trinajstić information content (AvgIpc) is 2.42. The molecule has 0 aliphatic carbocycles. The molecule has 0 saturated heterocycles. The molecule has 0 heterocycles. The van der Waals surface area contributed by atoms with Gasteiger partial charge in [-0.2, -0.15) is 0 Å². The summed E-state index contributed by atoms with van der Waals surface area (Å²) in [6.45, 7) is 0. The Balaban J connectivity index is 0.000000861. The summed E-state index contributed by atoms with van der Waals surface area (Å²) in [5.74, 6) is -1.18. The van der Waals surface area contributed by atoms with E-state index in [0.29, 0.717) is 7.18 Å². The van der Waals surface area contributed by atoms with E-state index in [2.05, 4.69) is 0 Å². The molecule has 2 aromatic rings. The highest BCUT2D eigenvalue weighted by molar-refractivity contribution is 5.76. The Labute approximate surface area is 110 Å². The van der Waals surface area contributed by atoms with Crippen LogP contribution in [0, 0.1) is 5.82 Å². The lowest BCUT2D eigenvalue weighted by molar-refractivity contribution is -0.136. The van der Waals surface area contributed by atoms with Crippen molar-refractivity contribution in [3.05, 3.63) is 59.9 Å². The highest BCUT2D eigenvalue weighted by Gasteiger charge is 2.07. The smallest absolute Gasteiger partial charge is 0.307 e. The summed E-state index contributed by atoms with van der Waals surface area (Å²) in [5.41, 5.74) is 2.38. The molecule has 2 nitrogen and oxygen atoms in total. The Morgan fingerprint density at radius 2 is 1.63 bits per heavy atom. The quantitative estimate of drug-likeness (QED) is 0.917. The van der Waals surface area contributed by atoms with Gasteiger partial charge in [-0.1, -0.05) is 36.4 Å². The fraction of sp³-hybridized carbons (Fsp3) is 0.133. The van der Waals surface area contributed by atoms with Crippen LogP contribution in [-0.4, -0.2) is 18.3 Å². The number of carboxylic acids is 1. The lowest BCUT2D eigenvalue weighted by Crippen LogP contribution is -2.01. The van der Waals surface area contributed by atoms with Gasteiger partial charge >= 0.3 is 5.97 Å². The molecule has 2 aromatic carbocycles. The summed E-state index contributed by atoms with van der Waals surface area (Å²) in [4.78, 5) is 10.7. The second-order valence-corrected chi connectivity index (χ2v) is 3.73. The molecular formula is C15H14F2O2. The van der Waals surface area contributed by atoms with E-state index in [9.17, 15) is 13.6 Å². The summed E-state index contributed by atoms with van der Waals surface area (Å²) < 4.78 is 22.3. The third kappa shape index (κ3) is 4.17. The van der Waals surface area contributed by atoms with Crippen LogP contribution in [0.25, 0.3) is 11.1 Å². The summed E-state index contributed by atoms with van der Waals surface area (Å²) in [7, 11) is 0.500. The van der Waals surface area contributed by atoms with Crippen molar-refractivity contribution in [2.45, 2.75) is 6.42 Å². The number of alkyl halides is 1. The minimum absolute atomic E-state index is 0.0342. The first kappa shape index (κ1) is 14.8. The van der Waals surface area contributed by atoms with E-state index < -0.39 is 5.97 Å². The summed E-state index contributed by atoms with van der Waals surface area (Å²) in [6, 6.07) is 13.3. The molecule has 0 aliphatic heterocycles. The van der Waals surface area contributed by atoms with E-state index in [4.69, 9.17) is 5.11 Å². The third-order valence-corrected chi connectivity index (χ3v) is 2.51. The van der Waals surface area contributed by atoms with Crippen molar-refractivity contribution in [2.24, 2.45) is 0 Å². The third-order valence-electron chi connectivity index (χ3n) is 2.51. The zero-order chi connectivity index (χ0) is 14.3. The molecule has 0 aromatic heterocycles. The zero-order valence-corrected chi connectivity index (χ0v) is 10.4. The van der Waals surface area contributed by atoms with Gasteiger partial charge in [0.1, 0.15) is 5.82 Å². The number of benzene rings is 2. The molecule has 0 radical (unpaired) electrons. The molecule has 1 N–H and O–H groups in total. The van der Waals surface area contributed by atoms with Crippen molar-refractivity contribution in [2.75, 3.05) is 7.18 Å². The maximum Gasteiger partial charge on any atom is 0.307 e. The fourth-order valence-corrected chi connectivity index (χ4v) is 1.75. The van der Waals surface area contributed by atoms with Crippen LogP contribution in [0.15, 0.2) is 48.5 Å². The fourth-order valence-electron chi connectivity index (χ4n) is 1.75. The van der Waals surface area contributed by atoms with E-state index >= 15 is 0 Å². The van der Waals surface area contributed by atoms with Crippen molar-refractivity contribution in [3.63, 3.8) is 0 Å². The van der Waals surface area contributed by atoms with E-state index in [1.165, 1.54) is 12.1 Å². The van der Waals surface area contributed by atoms with E-state index in [1.54, 1.807) is 24.3 Å². The average molecular weight is 264 g/mol. The monoisotopic (exact) mass is 264 g/mol. The van der Waals surface area contributed by atoms with E-state index in [-0.39, 0.29) is 12.2 Å². The molecule has 0 atom stereocenters. The second-order valence-electron chi connectivity index (χ2n) is 3.73. The van der Waals surface area contributed by atoms with Gasteiger partial charge in [0, 0.05) is 0 Å². The molecule has 0 saturated carbocycles. The lowest BCUT2D eigenvalue weighted by atomic mass is 9.98. The summed E-state index contributed by atoms with van der Waals surface area (Å²) in [6.07, 6.45) is -0.0342.